The second kappa shape index (κ2) is 10.8. The second-order valence-electron chi connectivity index (χ2n) is 13.2. The fourth-order valence-electron chi connectivity index (χ4n) is 4.25. The van der Waals surface area contributed by atoms with Gasteiger partial charge in [-0.15, -0.1) is 0 Å². The van der Waals surface area contributed by atoms with Crippen LogP contribution in [0.3, 0.4) is 0 Å². The fourth-order valence-corrected chi connectivity index (χ4v) is 4.25. The molecule has 2 heterocycles. The normalized spacial score (nSPS) is 16.7. The van der Waals surface area contributed by atoms with Gasteiger partial charge in [-0.05, 0) is 67.7 Å². The van der Waals surface area contributed by atoms with Crippen LogP contribution in [0.15, 0.2) is 24.4 Å². The van der Waals surface area contributed by atoms with Gasteiger partial charge in [-0.1, -0.05) is 47.6 Å². The van der Waals surface area contributed by atoms with Crippen molar-refractivity contribution >= 4 is 29.5 Å². The highest BCUT2D eigenvalue weighted by Gasteiger charge is 2.27. The van der Waals surface area contributed by atoms with Crippen LogP contribution in [-0.4, -0.2) is 46.7 Å². The number of primary amides is 1. The molecule has 1 fully saturated rings. The fraction of sp³-hybridized carbons (Fsp3) is 0.586. The van der Waals surface area contributed by atoms with Crippen molar-refractivity contribution in [1.29, 1.82) is 0 Å². The number of rotatable bonds is 5. The number of nitrogens with one attached hydrogen (secondary N) is 2. The lowest BCUT2D eigenvalue weighted by Crippen LogP contribution is -2.49. The smallest absolute Gasteiger partial charge is 0.407 e. The Balaban J connectivity index is 1.91. The van der Waals surface area contributed by atoms with Crippen LogP contribution in [0.4, 0.5) is 22.2 Å². The monoisotopic (exact) mass is 524 g/mol. The number of ether oxygens (including phenoxy) is 1. The van der Waals surface area contributed by atoms with Crippen molar-refractivity contribution in [2.75, 3.05) is 23.3 Å². The number of aromatic nitrogens is 2. The Morgan fingerprint density at radius 1 is 1.00 bits per heavy atom. The minimum atomic E-state index is -0.606. The zero-order chi connectivity index (χ0) is 28.5. The lowest BCUT2D eigenvalue weighted by atomic mass is 9.80. The highest BCUT2D eigenvalue weighted by atomic mass is 16.6. The van der Waals surface area contributed by atoms with E-state index >= 15 is 0 Å². The number of nitrogens with two attached hydrogens (primary N) is 1. The zero-order valence-corrected chi connectivity index (χ0v) is 24.4. The predicted molar refractivity (Wildman–Crippen MR) is 152 cm³/mol. The van der Waals surface area contributed by atoms with E-state index in [0.717, 1.165) is 25.1 Å². The van der Waals surface area contributed by atoms with Crippen molar-refractivity contribution in [3.05, 3.63) is 41.1 Å². The molecule has 1 aromatic carbocycles. The molecule has 2 amide bonds. The van der Waals surface area contributed by atoms with Gasteiger partial charge in [0.1, 0.15) is 17.0 Å². The molecular weight excluding hydrogens is 480 g/mol. The molecule has 1 aliphatic heterocycles. The van der Waals surface area contributed by atoms with Crippen LogP contribution in [0.2, 0.25) is 0 Å². The quantitative estimate of drug-likeness (QED) is 0.478. The second-order valence-corrected chi connectivity index (χ2v) is 13.2. The van der Waals surface area contributed by atoms with Gasteiger partial charge in [0.2, 0.25) is 5.95 Å². The summed E-state index contributed by atoms with van der Waals surface area (Å²) >= 11 is 0. The maximum atomic E-state index is 12.3. The van der Waals surface area contributed by atoms with Crippen LogP contribution in [0.1, 0.15) is 96.6 Å². The molecule has 0 radical (unpaired) electrons. The maximum absolute atomic E-state index is 12.3. The van der Waals surface area contributed by atoms with Crippen molar-refractivity contribution in [2.45, 2.75) is 97.6 Å². The third kappa shape index (κ3) is 7.82. The highest BCUT2D eigenvalue weighted by Crippen LogP contribution is 2.33. The van der Waals surface area contributed by atoms with Gasteiger partial charge in [-0.3, -0.25) is 4.79 Å². The summed E-state index contributed by atoms with van der Waals surface area (Å²) in [7, 11) is 0. The van der Waals surface area contributed by atoms with Gasteiger partial charge in [0, 0.05) is 31.0 Å². The summed E-state index contributed by atoms with van der Waals surface area (Å²) in [5.74, 6) is 0.219. The Labute approximate surface area is 226 Å². The van der Waals surface area contributed by atoms with Crippen LogP contribution in [0.25, 0.3) is 0 Å². The van der Waals surface area contributed by atoms with Crippen LogP contribution in [-0.2, 0) is 15.6 Å². The third-order valence-electron chi connectivity index (χ3n) is 6.39. The lowest BCUT2D eigenvalue weighted by Gasteiger charge is -2.33. The molecule has 38 heavy (non-hydrogen) atoms. The Hall–Kier alpha value is -3.36. The van der Waals surface area contributed by atoms with Crippen molar-refractivity contribution in [1.82, 2.24) is 15.3 Å². The molecule has 0 bridgehead atoms. The van der Waals surface area contributed by atoms with Crippen molar-refractivity contribution < 1.29 is 14.3 Å². The van der Waals surface area contributed by atoms with E-state index in [1.54, 1.807) is 0 Å². The van der Waals surface area contributed by atoms with Gasteiger partial charge in [-0.25, -0.2) is 9.78 Å². The molecule has 0 saturated carbocycles. The largest absolute Gasteiger partial charge is 0.444 e. The first kappa shape index (κ1) is 29.2. The van der Waals surface area contributed by atoms with Crippen LogP contribution in [0, 0.1) is 0 Å². The summed E-state index contributed by atoms with van der Waals surface area (Å²) in [6.45, 7) is 19.8. The van der Waals surface area contributed by atoms with E-state index < -0.39 is 17.6 Å². The molecule has 3 rings (SSSR count). The van der Waals surface area contributed by atoms with E-state index in [2.05, 4.69) is 75.4 Å². The number of hydrogen-bond acceptors (Lipinski definition) is 7. The molecule has 0 spiro atoms. The average molecular weight is 525 g/mol. The summed E-state index contributed by atoms with van der Waals surface area (Å²) in [5, 5.41) is 6.31. The number of anilines is 3. The molecule has 1 aromatic heterocycles. The van der Waals surface area contributed by atoms with Gasteiger partial charge in [0.15, 0.2) is 0 Å². The van der Waals surface area contributed by atoms with Gasteiger partial charge in [-0.2, -0.15) is 4.98 Å². The van der Waals surface area contributed by atoms with Gasteiger partial charge in [0.05, 0.1) is 0 Å². The lowest BCUT2D eigenvalue weighted by molar-refractivity contribution is 0.0499. The van der Waals surface area contributed by atoms with E-state index in [0.29, 0.717) is 18.3 Å². The number of nitrogens with zero attached hydrogens (tertiary/aromatic N) is 3. The van der Waals surface area contributed by atoms with E-state index in [9.17, 15) is 9.59 Å². The number of hydrogen-bond donors (Lipinski definition) is 3. The highest BCUT2D eigenvalue weighted by molar-refractivity contribution is 5.98. The van der Waals surface area contributed by atoms with Crippen molar-refractivity contribution in [3.8, 4) is 0 Å². The first-order chi connectivity index (χ1) is 17.4. The molecule has 1 aliphatic rings. The molecule has 9 heteroatoms. The number of benzene rings is 1. The Bertz CT molecular complexity index is 1140. The standard InChI is InChI=1S/C29H44N6O3/c1-27(2,3)18-13-19(28(4,5)6)15-21(14-18)32-24-22(23(30)36)16-31-25(34-24)35-12-10-11-20(17-35)33-26(37)38-29(7,8)9/h13-16,20H,10-12,17H2,1-9H3,(H2,30,36)(H,33,37)(H,31,32,34)/t20-/m0/s1. The van der Waals surface area contributed by atoms with Crippen LogP contribution in [0.5, 0.6) is 0 Å². The SMILES string of the molecule is CC(C)(C)OC(=O)N[C@H]1CCCN(c2ncc(C(N)=O)c(Nc3cc(C(C)(C)C)cc(C(C)(C)C)c3)n2)C1. The van der Waals surface area contributed by atoms with E-state index in [1.165, 1.54) is 17.3 Å². The Kier molecular flexibility index (Phi) is 8.29. The third-order valence-corrected chi connectivity index (χ3v) is 6.39. The molecule has 0 unspecified atom stereocenters. The number of amides is 2. The molecule has 1 saturated heterocycles. The molecule has 4 N–H and O–H groups in total. The van der Waals surface area contributed by atoms with E-state index in [4.69, 9.17) is 15.5 Å². The van der Waals surface area contributed by atoms with Crippen molar-refractivity contribution in [3.63, 3.8) is 0 Å². The Morgan fingerprint density at radius 3 is 2.13 bits per heavy atom. The van der Waals surface area contributed by atoms with Gasteiger partial charge < -0.3 is 26.0 Å². The van der Waals surface area contributed by atoms with Gasteiger partial charge in [0.25, 0.3) is 5.91 Å². The number of piperidine rings is 1. The number of carbonyl (C=O) groups excluding carboxylic acids is 2. The molecule has 208 valence electrons. The summed E-state index contributed by atoms with van der Waals surface area (Å²) < 4.78 is 5.41. The average Bonchev–Trinajstić information content (AvgIpc) is 2.76. The predicted octanol–water partition coefficient (Wildman–Crippen LogP) is 5.41. The molecule has 2 aromatic rings. The van der Waals surface area contributed by atoms with Crippen LogP contribution >= 0.6 is 0 Å². The van der Waals surface area contributed by atoms with E-state index in [1.807, 2.05) is 25.7 Å². The molecule has 0 aliphatic carbocycles. The van der Waals surface area contributed by atoms with E-state index in [-0.39, 0.29) is 22.4 Å². The number of carbonyl (C=O) groups is 2. The molecule has 9 nitrogen and oxygen atoms in total. The molecular formula is C29H44N6O3. The first-order valence-corrected chi connectivity index (χ1v) is 13.3. The summed E-state index contributed by atoms with van der Waals surface area (Å²) in [4.78, 5) is 35.7. The Morgan fingerprint density at radius 2 is 1.61 bits per heavy atom. The summed E-state index contributed by atoms with van der Waals surface area (Å²) in [6, 6.07) is 6.30. The van der Waals surface area contributed by atoms with Crippen LogP contribution < -0.4 is 21.3 Å². The maximum Gasteiger partial charge on any atom is 0.407 e. The summed E-state index contributed by atoms with van der Waals surface area (Å²) in [6.07, 6.45) is 2.71. The molecule has 1 atom stereocenters. The summed E-state index contributed by atoms with van der Waals surface area (Å²) in [5.41, 5.74) is 8.39. The first-order valence-electron chi connectivity index (χ1n) is 13.3. The minimum absolute atomic E-state index is 0.0645. The van der Waals surface area contributed by atoms with Gasteiger partial charge >= 0.3 is 6.09 Å². The van der Waals surface area contributed by atoms with Crippen molar-refractivity contribution in [2.24, 2.45) is 5.73 Å². The minimum Gasteiger partial charge on any atom is -0.444 e. The number of alkyl carbamates (subject to hydrolysis) is 1. The topological polar surface area (TPSA) is 122 Å². The zero-order valence-electron chi connectivity index (χ0n) is 24.4.